The normalized spacial score (nSPS) is 20.7. The summed E-state index contributed by atoms with van der Waals surface area (Å²) < 4.78 is 5.52. The van der Waals surface area contributed by atoms with E-state index in [0.29, 0.717) is 6.54 Å². The number of carboxylic acids is 1. The number of nitrogens with zero attached hydrogens (tertiary/aromatic N) is 1. The molecule has 1 unspecified atom stereocenters. The van der Waals surface area contributed by atoms with Gasteiger partial charge in [-0.05, 0) is 25.5 Å². The standard InChI is InChI=1S/C15H17NO3/c17-15(18)13-5-2-7-16(10-13)9-12-4-1-3-11-6-8-19-14(11)12/h1,3-4,6,8,13H,2,5,7,9-10H2,(H,17,18). The molecule has 4 nitrogen and oxygen atoms in total. The topological polar surface area (TPSA) is 53.7 Å². The third-order valence-corrected chi connectivity index (χ3v) is 3.81. The predicted molar refractivity (Wildman–Crippen MR) is 71.9 cm³/mol. The van der Waals surface area contributed by atoms with Crippen LogP contribution in [0, 0.1) is 5.92 Å². The molecule has 1 aliphatic heterocycles. The van der Waals surface area contributed by atoms with Gasteiger partial charge in [0.15, 0.2) is 0 Å². The van der Waals surface area contributed by atoms with Crippen LogP contribution in [0.2, 0.25) is 0 Å². The minimum atomic E-state index is -0.680. The lowest BCUT2D eigenvalue weighted by Crippen LogP contribution is -2.38. The van der Waals surface area contributed by atoms with Crippen LogP contribution in [-0.2, 0) is 11.3 Å². The number of aliphatic carboxylic acids is 1. The molecule has 0 bridgehead atoms. The van der Waals surface area contributed by atoms with Gasteiger partial charge in [-0.1, -0.05) is 18.2 Å². The number of para-hydroxylation sites is 1. The summed E-state index contributed by atoms with van der Waals surface area (Å²) in [5.74, 6) is -0.912. The Morgan fingerprint density at radius 1 is 1.42 bits per heavy atom. The van der Waals surface area contributed by atoms with E-state index in [1.54, 1.807) is 6.26 Å². The van der Waals surface area contributed by atoms with E-state index in [1.807, 2.05) is 18.2 Å². The highest BCUT2D eigenvalue weighted by Crippen LogP contribution is 2.24. The number of hydrogen-bond donors (Lipinski definition) is 1. The maximum atomic E-state index is 11.1. The van der Waals surface area contributed by atoms with Gasteiger partial charge in [0.1, 0.15) is 5.58 Å². The molecule has 100 valence electrons. The first-order valence-corrected chi connectivity index (χ1v) is 6.64. The molecule has 4 heteroatoms. The summed E-state index contributed by atoms with van der Waals surface area (Å²) >= 11 is 0. The van der Waals surface area contributed by atoms with E-state index in [2.05, 4.69) is 11.0 Å². The van der Waals surface area contributed by atoms with Crippen LogP contribution in [0.3, 0.4) is 0 Å². The number of carboxylic acid groups (broad SMARTS) is 1. The SMILES string of the molecule is O=C(O)C1CCCN(Cc2cccc3ccoc23)C1. The average Bonchev–Trinajstić information content (AvgIpc) is 2.88. The van der Waals surface area contributed by atoms with Gasteiger partial charge in [0.25, 0.3) is 0 Å². The number of fused-ring (bicyclic) bond motifs is 1. The second kappa shape index (κ2) is 5.05. The van der Waals surface area contributed by atoms with Crippen molar-refractivity contribution in [1.29, 1.82) is 0 Å². The Bertz CT molecular complexity index is 590. The number of rotatable bonds is 3. The third-order valence-electron chi connectivity index (χ3n) is 3.81. The highest BCUT2D eigenvalue weighted by molar-refractivity contribution is 5.80. The molecule has 2 heterocycles. The van der Waals surface area contributed by atoms with E-state index in [-0.39, 0.29) is 5.92 Å². The van der Waals surface area contributed by atoms with Crippen molar-refractivity contribution in [3.63, 3.8) is 0 Å². The van der Waals surface area contributed by atoms with Crippen LogP contribution in [-0.4, -0.2) is 29.1 Å². The molecule has 0 spiro atoms. The molecule has 1 atom stereocenters. The molecule has 0 radical (unpaired) electrons. The molecular formula is C15H17NO3. The molecule has 3 rings (SSSR count). The quantitative estimate of drug-likeness (QED) is 0.920. The second-order valence-electron chi connectivity index (χ2n) is 5.17. The second-order valence-corrected chi connectivity index (χ2v) is 5.17. The predicted octanol–water partition coefficient (Wildman–Crippen LogP) is 2.73. The summed E-state index contributed by atoms with van der Waals surface area (Å²) in [5.41, 5.74) is 2.05. The van der Waals surface area contributed by atoms with Gasteiger partial charge in [0.2, 0.25) is 0 Å². The highest BCUT2D eigenvalue weighted by atomic mass is 16.4. The average molecular weight is 259 g/mol. The molecule has 1 aliphatic rings. The molecule has 1 aromatic carbocycles. The number of furan rings is 1. The molecule has 2 aromatic rings. The third kappa shape index (κ3) is 2.49. The lowest BCUT2D eigenvalue weighted by atomic mass is 9.98. The zero-order valence-corrected chi connectivity index (χ0v) is 10.7. The van der Waals surface area contributed by atoms with E-state index >= 15 is 0 Å². The summed E-state index contributed by atoms with van der Waals surface area (Å²) in [4.78, 5) is 13.3. The van der Waals surface area contributed by atoms with Crippen LogP contribution in [0.1, 0.15) is 18.4 Å². The van der Waals surface area contributed by atoms with E-state index in [1.165, 1.54) is 0 Å². The highest BCUT2D eigenvalue weighted by Gasteiger charge is 2.25. The van der Waals surface area contributed by atoms with Crippen molar-refractivity contribution < 1.29 is 14.3 Å². The number of piperidine rings is 1. The van der Waals surface area contributed by atoms with E-state index in [0.717, 1.165) is 42.5 Å². The first-order valence-electron chi connectivity index (χ1n) is 6.64. The van der Waals surface area contributed by atoms with Gasteiger partial charge in [-0.2, -0.15) is 0 Å². The maximum Gasteiger partial charge on any atom is 0.307 e. The van der Waals surface area contributed by atoms with Crippen LogP contribution in [0.25, 0.3) is 11.0 Å². The smallest absolute Gasteiger partial charge is 0.307 e. The van der Waals surface area contributed by atoms with Gasteiger partial charge < -0.3 is 9.52 Å². The Morgan fingerprint density at radius 2 is 2.32 bits per heavy atom. The van der Waals surface area contributed by atoms with Crippen molar-refractivity contribution in [1.82, 2.24) is 4.90 Å². The summed E-state index contributed by atoms with van der Waals surface area (Å²) in [6, 6.07) is 8.05. The Balaban J connectivity index is 1.77. The molecule has 0 amide bonds. The summed E-state index contributed by atoms with van der Waals surface area (Å²) in [5, 5.41) is 10.2. The fourth-order valence-corrected chi connectivity index (χ4v) is 2.82. The van der Waals surface area contributed by atoms with E-state index in [4.69, 9.17) is 9.52 Å². The van der Waals surface area contributed by atoms with Crippen molar-refractivity contribution in [2.45, 2.75) is 19.4 Å². The van der Waals surface area contributed by atoms with E-state index < -0.39 is 5.97 Å². The zero-order valence-electron chi connectivity index (χ0n) is 10.7. The number of carbonyl (C=O) groups is 1. The molecule has 19 heavy (non-hydrogen) atoms. The Labute approximate surface area is 111 Å². The van der Waals surface area contributed by atoms with E-state index in [9.17, 15) is 4.79 Å². The largest absolute Gasteiger partial charge is 0.481 e. The molecule has 1 N–H and O–H groups in total. The Morgan fingerprint density at radius 3 is 3.16 bits per heavy atom. The molecule has 0 aliphatic carbocycles. The van der Waals surface area contributed by atoms with Gasteiger partial charge >= 0.3 is 5.97 Å². The van der Waals surface area contributed by atoms with Crippen LogP contribution in [0.15, 0.2) is 34.9 Å². The van der Waals surface area contributed by atoms with Gasteiger partial charge in [0.05, 0.1) is 12.2 Å². The number of likely N-dealkylation sites (tertiary alicyclic amines) is 1. The van der Waals surface area contributed by atoms with Gasteiger partial charge in [-0.3, -0.25) is 9.69 Å². The molecule has 1 saturated heterocycles. The van der Waals surface area contributed by atoms with Gasteiger partial charge in [0, 0.05) is 24.0 Å². The van der Waals surface area contributed by atoms with Gasteiger partial charge in [-0.15, -0.1) is 0 Å². The lowest BCUT2D eigenvalue weighted by molar-refractivity contribution is -0.143. The van der Waals surface area contributed by atoms with Crippen molar-refractivity contribution in [3.8, 4) is 0 Å². The van der Waals surface area contributed by atoms with Crippen LogP contribution < -0.4 is 0 Å². The minimum Gasteiger partial charge on any atom is -0.481 e. The molecule has 1 fully saturated rings. The fourth-order valence-electron chi connectivity index (χ4n) is 2.82. The molecule has 1 aromatic heterocycles. The van der Waals surface area contributed by atoms with Crippen molar-refractivity contribution in [2.75, 3.05) is 13.1 Å². The summed E-state index contributed by atoms with van der Waals surface area (Å²) in [7, 11) is 0. The minimum absolute atomic E-state index is 0.232. The fraction of sp³-hybridized carbons (Fsp3) is 0.400. The number of benzene rings is 1. The first kappa shape index (κ1) is 12.2. The van der Waals surface area contributed by atoms with Crippen LogP contribution in [0.4, 0.5) is 0 Å². The summed E-state index contributed by atoms with van der Waals surface area (Å²) in [6.45, 7) is 2.35. The Hall–Kier alpha value is -1.81. The Kier molecular flexibility index (Phi) is 3.25. The lowest BCUT2D eigenvalue weighted by Gasteiger charge is -2.30. The maximum absolute atomic E-state index is 11.1. The zero-order chi connectivity index (χ0) is 13.2. The number of hydrogen-bond acceptors (Lipinski definition) is 3. The van der Waals surface area contributed by atoms with Crippen molar-refractivity contribution >= 4 is 16.9 Å². The molecular weight excluding hydrogens is 242 g/mol. The van der Waals surface area contributed by atoms with Crippen molar-refractivity contribution in [2.24, 2.45) is 5.92 Å². The van der Waals surface area contributed by atoms with Crippen LogP contribution >= 0.6 is 0 Å². The molecule has 0 saturated carbocycles. The van der Waals surface area contributed by atoms with Gasteiger partial charge in [-0.25, -0.2) is 0 Å². The van der Waals surface area contributed by atoms with Crippen LogP contribution in [0.5, 0.6) is 0 Å². The summed E-state index contributed by atoms with van der Waals surface area (Å²) in [6.07, 6.45) is 3.44. The van der Waals surface area contributed by atoms with Crippen molar-refractivity contribution in [3.05, 3.63) is 36.1 Å². The monoisotopic (exact) mass is 259 g/mol. The first-order chi connectivity index (χ1) is 9.24.